The van der Waals surface area contributed by atoms with Gasteiger partial charge in [-0.25, -0.2) is 4.98 Å². The fourth-order valence-electron chi connectivity index (χ4n) is 3.86. The molecule has 1 N–H and O–H groups in total. The minimum absolute atomic E-state index is 0.00424. The molecule has 1 fully saturated rings. The molecule has 0 radical (unpaired) electrons. The second-order valence-corrected chi connectivity index (χ2v) is 7.43. The van der Waals surface area contributed by atoms with Crippen molar-refractivity contribution in [1.29, 1.82) is 0 Å². The number of hydrogen-bond acceptors (Lipinski definition) is 7. The van der Waals surface area contributed by atoms with Crippen molar-refractivity contribution >= 4 is 11.9 Å². The number of nitrogens with one attached hydrogen (secondary N) is 1. The van der Waals surface area contributed by atoms with Gasteiger partial charge < -0.3 is 14.1 Å². The highest BCUT2D eigenvalue weighted by Crippen LogP contribution is 2.19. The largest absolute Gasteiger partial charge is 0.461 e. The number of furan rings is 1. The molecule has 2 aromatic heterocycles. The molecular weight excluding hydrogens is 360 g/mol. The number of anilines is 1. The van der Waals surface area contributed by atoms with Crippen LogP contribution in [0.1, 0.15) is 42.5 Å². The van der Waals surface area contributed by atoms with Crippen LogP contribution in [-0.4, -0.2) is 47.0 Å². The Morgan fingerprint density at radius 1 is 1.18 bits per heavy atom. The zero-order valence-electron chi connectivity index (χ0n) is 16.2. The van der Waals surface area contributed by atoms with E-state index in [0.29, 0.717) is 18.7 Å². The van der Waals surface area contributed by atoms with Crippen molar-refractivity contribution in [3.63, 3.8) is 0 Å². The molecule has 8 heteroatoms. The van der Waals surface area contributed by atoms with Crippen LogP contribution in [0.5, 0.6) is 0 Å². The van der Waals surface area contributed by atoms with Gasteiger partial charge in [-0.1, -0.05) is 0 Å². The van der Waals surface area contributed by atoms with Crippen molar-refractivity contribution in [3.8, 4) is 0 Å². The second kappa shape index (κ2) is 8.18. The number of carbonyl (C=O) groups excluding carboxylic acids is 1. The summed E-state index contributed by atoms with van der Waals surface area (Å²) >= 11 is 0. The molecule has 0 aliphatic carbocycles. The van der Waals surface area contributed by atoms with Gasteiger partial charge in [-0.15, -0.1) is 0 Å². The number of ether oxygens (including phenoxy) is 1. The van der Waals surface area contributed by atoms with Gasteiger partial charge >= 0.3 is 5.97 Å². The lowest BCUT2D eigenvalue weighted by Gasteiger charge is -2.18. The van der Waals surface area contributed by atoms with Crippen molar-refractivity contribution in [2.24, 2.45) is 0 Å². The number of rotatable bonds is 5. The van der Waals surface area contributed by atoms with E-state index in [9.17, 15) is 9.59 Å². The standard InChI is InChI=1S/C20H26N4O4/c1-14(25)27-13-16-5-4-15(28-16)12-23-10-6-17-18(7-11-23)21-20(22-19(17)26)24-8-2-3-9-24/h4-5H,2-3,6-13H2,1H3,(H,21,22,26). The van der Waals surface area contributed by atoms with Crippen molar-refractivity contribution in [2.45, 2.75) is 45.8 Å². The molecule has 0 amide bonds. The molecule has 2 aliphatic rings. The third kappa shape index (κ3) is 4.27. The smallest absolute Gasteiger partial charge is 0.303 e. The van der Waals surface area contributed by atoms with E-state index in [1.807, 2.05) is 12.1 Å². The molecule has 2 aromatic rings. The number of H-pyrrole nitrogens is 1. The van der Waals surface area contributed by atoms with Crippen molar-refractivity contribution in [3.05, 3.63) is 45.3 Å². The highest BCUT2D eigenvalue weighted by atomic mass is 16.5. The molecule has 150 valence electrons. The maximum absolute atomic E-state index is 12.6. The van der Waals surface area contributed by atoms with E-state index in [1.165, 1.54) is 6.92 Å². The van der Waals surface area contributed by atoms with E-state index in [1.54, 1.807) is 0 Å². The number of nitrogens with zero attached hydrogens (tertiary/aromatic N) is 3. The van der Waals surface area contributed by atoms with Crippen LogP contribution in [0, 0.1) is 0 Å². The van der Waals surface area contributed by atoms with E-state index in [-0.39, 0.29) is 18.1 Å². The van der Waals surface area contributed by atoms with Crippen LogP contribution >= 0.6 is 0 Å². The predicted octanol–water partition coefficient (Wildman–Crippen LogP) is 1.63. The number of aromatic nitrogens is 2. The first kappa shape index (κ1) is 18.7. The minimum Gasteiger partial charge on any atom is -0.461 e. The Kier molecular flexibility index (Phi) is 5.47. The molecule has 4 heterocycles. The summed E-state index contributed by atoms with van der Waals surface area (Å²) in [6.45, 7) is 5.71. The highest BCUT2D eigenvalue weighted by molar-refractivity contribution is 5.65. The van der Waals surface area contributed by atoms with Crippen LogP contribution in [0.25, 0.3) is 0 Å². The molecule has 4 rings (SSSR count). The summed E-state index contributed by atoms with van der Waals surface area (Å²) < 4.78 is 10.7. The normalized spacial score (nSPS) is 17.4. The molecule has 28 heavy (non-hydrogen) atoms. The second-order valence-electron chi connectivity index (χ2n) is 7.43. The lowest BCUT2D eigenvalue weighted by molar-refractivity contribution is -0.142. The van der Waals surface area contributed by atoms with Gasteiger partial charge in [0.1, 0.15) is 18.1 Å². The summed E-state index contributed by atoms with van der Waals surface area (Å²) in [6.07, 6.45) is 3.73. The molecule has 8 nitrogen and oxygen atoms in total. The number of hydrogen-bond donors (Lipinski definition) is 1. The van der Waals surface area contributed by atoms with Gasteiger partial charge in [0.05, 0.1) is 12.2 Å². The first-order chi connectivity index (χ1) is 13.6. The van der Waals surface area contributed by atoms with Gasteiger partial charge in [0, 0.05) is 45.1 Å². The van der Waals surface area contributed by atoms with Gasteiger partial charge in [0.2, 0.25) is 5.95 Å². The maximum atomic E-state index is 12.6. The van der Waals surface area contributed by atoms with Crippen LogP contribution in [0.2, 0.25) is 0 Å². The van der Waals surface area contributed by atoms with Crippen LogP contribution in [0.4, 0.5) is 5.95 Å². The summed E-state index contributed by atoms with van der Waals surface area (Å²) in [4.78, 5) is 35.7. The van der Waals surface area contributed by atoms with Gasteiger partial charge in [-0.2, -0.15) is 0 Å². The third-order valence-corrected chi connectivity index (χ3v) is 5.35. The van der Waals surface area contributed by atoms with Crippen LogP contribution < -0.4 is 10.5 Å². The molecule has 1 saturated heterocycles. The first-order valence-corrected chi connectivity index (χ1v) is 9.89. The van der Waals surface area contributed by atoms with Crippen LogP contribution in [0.3, 0.4) is 0 Å². The molecular formula is C20H26N4O4. The topological polar surface area (TPSA) is 91.7 Å². The zero-order valence-corrected chi connectivity index (χ0v) is 16.2. The summed E-state index contributed by atoms with van der Waals surface area (Å²) in [7, 11) is 0. The summed E-state index contributed by atoms with van der Waals surface area (Å²) in [5.74, 6) is 1.86. The molecule has 0 spiro atoms. The fraction of sp³-hybridized carbons (Fsp3) is 0.550. The van der Waals surface area contributed by atoms with Crippen LogP contribution in [-0.2, 0) is 35.5 Å². The van der Waals surface area contributed by atoms with E-state index in [4.69, 9.17) is 14.1 Å². The molecule has 0 atom stereocenters. The molecule has 0 aromatic carbocycles. The first-order valence-electron chi connectivity index (χ1n) is 9.89. The number of fused-ring (bicyclic) bond motifs is 1. The molecule has 2 aliphatic heterocycles. The lowest BCUT2D eigenvalue weighted by Crippen LogP contribution is -2.27. The Morgan fingerprint density at radius 3 is 2.71 bits per heavy atom. The van der Waals surface area contributed by atoms with E-state index < -0.39 is 0 Å². The lowest BCUT2D eigenvalue weighted by atomic mass is 10.1. The van der Waals surface area contributed by atoms with Gasteiger partial charge in [-0.3, -0.25) is 19.5 Å². The highest BCUT2D eigenvalue weighted by Gasteiger charge is 2.22. The summed E-state index contributed by atoms with van der Waals surface area (Å²) in [5.41, 5.74) is 1.72. The number of aromatic amines is 1. The Labute approximate surface area is 163 Å². The van der Waals surface area contributed by atoms with Crippen molar-refractivity contribution in [2.75, 3.05) is 31.1 Å². The number of esters is 1. The molecule has 0 unspecified atom stereocenters. The number of carbonyl (C=O) groups is 1. The Bertz CT molecular complexity index is 898. The van der Waals surface area contributed by atoms with E-state index >= 15 is 0 Å². The van der Waals surface area contributed by atoms with Crippen molar-refractivity contribution < 1.29 is 13.9 Å². The average Bonchev–Trinajstić information content (AvgIpc) is 3.31. The Balaban J connectivity index is 1.41. The van der Waals surface area contributed by atoms with E-state index in [2.05, 4.69) is 14.8 Å². The SMILES string of the molecule is CC(=O)OCc1ccc(CN2CCc3nc(N4CCCC4)[nH]c(=O)c3CC2)o1. The van der Waals surface area contributed by atoms with E-state index in [0.717, 1.165) is 68.4 Å². The Hall–Kier alpha value is -2.61. The van der Waals surface area contributed by atoms with Gasteiger partial charge in [0.15, 0.2) is 0 Å². The molecule has 0 saturated carbocycles. The third-order valence-electron chi connectivity index (χ3n) is 5.35. The molecule has 0 bridgehead atoms. The van der Waals surface area contributed by atoms with Crippen molar-refractivity contribution in [1.82, 2.24) is 14.9 Å². The van der Waals surface area contributed by atoms with Gasteiger partial charge in [-0.05, 0) is 31.4 Å². The predicted molar refractivity (Wildman–Crippen MR) is 103 cm³/mol. The summed E-state index contributed by atoms with van der Waals surface area (Å²) in [5, 5.41) is 0. The van der Waals surface area contributed by atoms with Crippen LogP contribution in [0.15, 0.2) is 21.3 Å². The Morgan fingerprint density at radius 2 is 1.93 bits per heavy atom. The zero-order chi connectivity index (χ0) is 19.5. The average molecular weight is 386 g/mol. The monoisotopic (exact) mass is 386 g/mol. The fourth-order valence-corrected chi connectivity index (χ4v) is 3.86. The maximum Gasteiger partial charge on any atom is 0.303 e. The minimum atomic E-state index is -0.325. The summed E-state index contributed by atoms with van der Waals surface area (Å²) in [6, 6.07) is 3.74. The quantitative estimate of drug-likeness (QED) is 0.781. The van der Waals surface area contributed by atoms with Gasteiger partial charge in [0.25, 0.3) is 5.56 Å².